The SMILES string of the molecule is CC(OC(=O)Nc1cnoc1C#CC1=CC2=NC(C3(C(=O)O)CC3)=CC2=N1)c1ccccc1. The predicted molar refractivity (Wildman–Crippen MR) is 119 cm³/mol. The van der Waals surface area contributed by atoms with Crippen LogP contribution in [-0.2, 0) is 9.53 Å². The highest BCUT2D eigenvalue weighted by atomic mass is 16.6. The number of carbonyl (C=O) groups excluding carboxylic acids is 1. The lowest BCUT2D eigenvalue weighted by Gasteiger charge is -2.13. The van der Waals surface area contributed by atoms with Crippen molar-refractivity contribution in [2.75, 3.05) is 5.32 Å². The summed E-state index contributed by atoms with van der Waals surface area (Å²) >= 11 is 0. The number of ether oxygens (including phenoxy) is 1. The van der Waals surface area contributed by atoms with Crippen molar-refractivity contribution in [3.05, 3.63) is 71.4 Å². The van der Waals surface area contributed by atoms with Gasteiger partial charge in [0.05, 0.1) is 23.3 Å². The highest BCUT2D eigenvalue weighted by Gasteiger charge is 2.55. The van der Waals surface area contributed by atoms with Gasteiger partial charge in [-0.15, -0.1) is 0 Å². The largest absolute Gasteiger partial charge is 0.481 e. The van der Waals surface area contributed by atoms with E-state index in [1.807, 2.05) is 30.3 Å². The van der Waals surface area contributed by atoms with Crippen LogP contribution in [0.2, 0.25) is 0 Å². The number of anilines is 1. The van der Waals surface area contributed by atoms with Crippen molar-refractivity contribution in [1.29, 1.82) is 0 Å². The number of rotatable bonds is 5. The van der Waals surface area contributed by atoms with Crippen LogP contribution < -0.4 is 5.32 Å². The first-order valence-electron chi connectivity index (χ1n) is 10.3. The molecule has 9 nitrogen and oxygen atoms in total. The lowest BCUT2D eigenvalue weighted by Crippen LogP contribution is -2.16. The molecule has 1 unspecified atom stereocenters. The van der Waals surface area contributed by atoms with Gasteiger partial charge in [-0.3, -0.25) is 10.1 Å². The number of hydrogen-bond acceptors (Lipinski definition) is 7. The van der Waals surface area contributed by atoms with Crippen molar-refractivity contribution in [3.63, 3.8) is 0 Å². The zero-order valence-electron chi connectivity index (χ0n) is 17.5. The summed E-state index contributed by atoms with van der Waals surface area (Å²) in [5, 5.41) is 15.7. The van der Waals surface area contributed by atoms with Crippen molar-refractivity contribution >= 4 is 29.2 Å². The molecular formula is C24H18N4O5. The topological polar surface area (TPSA) is 126 Å². The number of carboxylic acid groups (broad SMARTS) is 1. The fourth-order valence-corrected chi connectivity index (χ4v) is 3.56. The summed E-state index contributed by atoms with van der Waals surface area (Å²) in [6, 6.07) is 9.37. The highest BCUT2D eigenvalue weighted by Crippen LogP contribution is 2.53. The van der Waals surface area contributed by atoms with Crippen LogP contribution in [-0.4, -0.2) is 33.7 Å². The van der Waals surface area contributed by atoms with Crippen molar-refractivity contribution in [3.8, 4) is 11.8 Å². The number of benzene rings is 1. The fraction of sp³-hybridized carbons (Fsp3) is 0.208. The molecule has 164 valence electrons. The number of aromatic nitrogens is 1. The summed E-state index contributed by atoms with van der Waals surface area (Å²) in [7, 11) is 0. The monoisotopic (exact) mass is 442 g/mol. The van der Waals surface area contributed by atoms with Gasteiger partial charge >= 0.3 is 12.1 Å². The van der Waals surface area contributed by atoms with Crippen LogP contribution in [0, 0.1) is 17.3 Å². The molecule has 3 heterocycles. The third kappa shape index (κ3) is 3.94. The smallest absolute Gasteiger partial charge is 0.412 e. The van der Waals surface area contributed by atoms with E-state index in [1.165, 1.54) is 6.20 Å². The average molecular weight is 442 g/mol. The summed E-state index contributed by atoms with van der Waals surface area (Å²) in [5.41, 5.74) is 2.45. The van der Waals surface area contributed by atoms with E-state index in [4.69, 9.17) is 9.26 Å². The number of amides is 1. The van der Waals surface area contributed by atoms with Gasteiger partial charge in [-0.25, -0.2) is 14.8 Å². The first-order chi connectivity index (χ1) is 15.9. The van der Waals surface area contributed by atoms with Gasteiger partial charge in [0.1, 0.15) is 22.9 Å². The second kappa shape index (κ2) is 7.91. The van der Waals surface area contributed by atoms with Crippen LogP contribution in [0.3, 0.4) is 0 Å². The molecule has 2 N–H and O–H groups in total. The van der Waals surface area contributed by atoms with E-state index in [9.17, 15) is 14.7 Å². The predicted octanol–water partition coefficient (Wildman–Crippen LogP) is 3.88. The minimum atomic E-state index is -0.868. The Labute approximate surface area is 188 Å². The van der Waals surface area contributed by atoms with Crippen LogP contribution in [0.15, 0.2) is 74.6 Å². The summed E-state index contributed by atoms with van der Waals surface area (Å²) < 4.78 is 10.5. The lowest BCUT2D eigenvalue weighted by molar-refractivity contribution is -0.141. The fourth-order valence-electron chi connectivity index (χ4n) is 3.56. The molecule has 0 spiro atoms. The molecule has 1 aliphatic carbocycles. The summed E-state index contributed by atoms with van der Waals surface area (Å²) in [6.07, 6.45) is 4.80. The molecule has 2 aromatic rings. The number of hydrogen-bond donors (Lipinski definition) is 2. The molecule has 1 saturated carbocycles. The molecule has 1 aromatic heterocycles. The van der Waals surface area contributed by atoms with E-state index in [-0.39, 0.29) is 11.4 Å². The number of allylic oxidation sites excluding steroid dienone is 3. The zero-order valence-corrected chi connectivity index (χ0v) is 17.5. The Hall–Kier alpha value is -4.45. The molecule has 1 aromatic carbocycles. The number of aliphatic carboxylic acids is 1. The lowest BCUT2D eigenvalue weighted by atomic mass is 10.0. The maximum Gasteiger partial charge on any atom is 0.412 e. The number of carboxylic acids is 1. The van der Waals surface area contributed by atoms with Gasteiger partial charge in [0.2, 0.25) is 5.76 Å². The van der Waals surface area contributed by atoms with Gasteiger partial charge in [-0.05, 0) is 43.2 Å². The molecule has 33 heavy (non-hydrogen) atoms. The van der Waals surface area contributed by atoms with Crippen LogP contribution >= 0.6 is 0 Å². The zero-order chi connectivity index (χ0) is 23.0. The summed E-state index contributed by atoms with van der Waals surface area (Å²) in [4.78, 5) is 32.6. The number of aliphatic imine (C=N–C) groups is 2. The molecule has 0 bridgehead atoms. The van der Waals surface area contributed by atoms with Gasteiger partial charge in [0.15, 0.2) is 0 Å². The van der Waals surface area contributed by atoms with Crippen LogP contribution in [0.4, 0.5) is 10.5 Å². The van der Waals surface area contributed by atoms with Crippen molar-refractivity contribution in [2.24, 2.45) is 15.4 Å². The molecule has 3 aliphatic rings. The Balaban J connectivity index is 1.24. The van der Waals surface area contributed by atoms with E-state index in [0.29, 0.717) is 35.7 Å². The van der Waals surface area contributed by atoms with E-state index in [1.54, 1.807) is 19.1 Å². The number of fused-ring (bicyclic) bond motifs is 1. The van der Waals surface area contributed by atoms with Gasteiger partial charge in [0.25, 0.3) is 0 Å². The van der Waals surface area contributed by atoms with Crippen LogP contribution in [0.1, 0.15) is 37.2 Å². The molecular weight excluding hydrogens is 424 g/mol. The average Bonchev–Trinajstić information content (AvgIpc) is 3.12. The molecule has 0 saturated heterocycles. The Bertz CT molecular complexity index is 1330. The minimum absolute atomic E-state index is 0.151. The third-order valence-corrected chi connectivity index (χ3v) is 5.60. The van der Waals surface area contributed by atoms with Crippen LogP contribution in [0.25, 0.3) is 0 Å². The van der Waals surface area contributed by atoms with E-state index >= 15 is 0 Å². The van der Waals surface area contributed by atoms with Gasteiger partial charge in [0, 0.05) is 6.08 Å². The Morgan fingerprint density at radius 2 is 1.91 bits per heavy atom. The molecule has 2 aliphatic heterocycles. The molecule has 1 atom stereocenters. The third-order valence-electron chi connectivity index (χ3n) is 5.60. The number of carbonyl (C=O) groups is 2. The molecule has 9 heteroatoms. The molecule has 0 radical (unpaired) electrons. The second-order valence-electron chi connectivity index (χ2n) is 7.84. The van der Waals surface area contributed by atoms with E-state index < -0.39 is 23.6 Å². The maximum atomic E-state index is 12.3. The Morgan fingerprint density at radius 1 is 1.15 bits per heavy atom. The molecule has 1 fully saturated rings. The molecule has 5 rings (SSSR count). The quantitative estimate of drug-likeness (QED) is 0.677. The Morgan fingerprint density at radius 3 is 2.61 bits per heavy atom. The second-order valence-corrected chi connectivity index (χ2v) is 7.84. The van der Waals surface area contributed by atoms with Crippen molar-refractivity contribution < 1.29 is 24.0 Å². The standard InChI is InChI=1S/C24H18N4O5/c1-14(15-5-3-2-4-6-15)32-23(31)28-19-13-25-33-20(19)8-7-16-11-17-18(26-16)12-21(27-17)24(9-10-24)22(29)30/h2-6,11-14H,9-10H2,1H3,(H,28,31)(H,29,30). The van der Waals surface area contributed by atoms with E-state index in [2.05, 4.69) is 32.3 Å². The maximum absolute atomic E-state index is 12.3. The molecule has 1 amide bonds. The van der Waals surface area contributed by atoms with Crippen molar-refractivity contribution in [2.45, 2.75) is 25.9 Å². The normalized spacial score (nSPS) is 18.0. The minimum Gasteiger partial charge on any atom is -0.481 e. The van der Waals surface area contributed by atoms with Crippen molar-refractivity contribution in [1.82, 2.24) is 5.16 Å². The van der Waals surface area contributed by atoms with Gasteiger partial charge < -0.3 is 14.4 Å². The first-order valence-corrected chi connectivity index (χ1v) is 10.3. The van der Waals surface area contributed by atoms with Gasteiger partial charge in [-0.1, -0.05) is 35.5 Å². The van der Waals surface area contributed by atoms with Gasteiger partial charge in [-0.2, -0.15) is 0 Å². The number of nitrogens with zero attached hydrogens (tertiary/aromatic N) is 3. The Kier molecular flexibility index (Phi) is 4.90. The summed E-state index contributed by atoms with van der Waals surface area (Å²) in [6.45, 7) is 1.77. The first kappa shape index (κ1) is 20.5. The summed E-state index contributed by atoms with van der Waals surface area (Å²) in [5.74, 6) is 4.94. The number of nitrogens with one attached hydrogen (secondary N) is 1. The highest BCUT2D eigenvalue weighted by molar-refractivity contribution is 6.54. The van der Waals surface area contributed by atoms with Crippen LogP contribution in [0.5, 0.6) is 0 Å². The van der Waals surface area contributed by atoms with E-state index in [0.717, 1.165) is 5.56 Å².